The first kappa shape index (κ1) is 15.8. The molecule has 0 aliphatic rings. The van der Waals surface area contributed by atoms with Crippen LogP contribution < -0.4 is 5.73 Å². The molecule has 1 aromatic rings. The van der Waals surface area contributed by atoms with Gasteiger partial charge in [-0.1, -0.05) is 0 Å². The van der Waals surface area contributed by atoms with Crippen molar-refractivity contribution in [2.75, 3.05) is 0 Å². The summed E-state index contributed by atoms with van der Waals surface area (Å²) in [5, 5.41) is 0. The first-order valence-corrected chi connectivity index (χ1v) is 5.54. The van der Waals surface area contributed by atoms with Crippen molar-refractivity contribution < 1.29 is 26.3 Å². The van der Waals surface area contributed by atoms with Crippen molar-refractivity contribution in [1.29, 1.82) is 0 Å². The number of hydrogen-bond donors (Lipinski definition) is 1. The Labute approximate surface area is 106 Å². The van der Waals surface area contributed by atoms with Gasteiger partial charge in [0, 0.05) is 6.04 Å². The zero-order chi connectivity index (χ0) is 14.8. The molecule has 7 heteroatoms. The molecule has 0 heterocycles. The van der Waals surface area contributed by atoms with Crippen LogP contribution >= 0.6 is 0 Å². The van der Waals surface area contributed by atoms with E-state index in [1.807, 2.05) is 0 Å². The van der Waals surface area contributed by atoms with Crippen LogP contribution in [-0.2, 0) is 18.8 Å². The Morgan fingerprint density at radius 3 is 1.68 bits per heavy atom. The van der Waals surface area contributed by atoms with Crippen molar-refractivity contribution in [3.8, 4) is 0 Å². The molecule has 0 aromatic heterocycles. The molecule has 1 aromatic carbocycles. The van der Waals surface area contributed by atoms with Gasteiger partial charge in [0.1, 0.15) is 0 Å². The lowest BCUT2D eigenvalue weighted by Gasteiger charge is -2.14. The van der Waals surface area contributed by atoms with Crippen LogP contribution in [0.5, 0.6) is 0 Å². The minimum atomic E-state index is -4.80. The molecule has 0 aliphatic heterocycles. The van der Waals surface area contributed by atoms with Gasteiger partial charge in [0.25, 0.3) is 0 Å². The molecule has 1 rings (SSSR count). The molecule has 2 N–H and O–H groups in total. The summed E-state index contributed by atoms with van der Waals surface area (Å²) in [4.78, 5) is 0. The molecule has 1 unspecified atom stereocenters. The molecular formula is C12H13F6N. The molecule has 0 radical (unpaired) electrons. The SMILES string of the molecule is CC(N)CCc1cc(C(F)(F)F)cc(C(F)(F)F)c1. The average Bonchev–Trinajstić information content (AvgIpc) is 2.23. The van der Waals surface area contributed by atoms with Crippen LogP contribution in [0.1, 0.15) is 30.0 Å². The van der Waals surface area contributed by atoms with Crippen molar-refractivity contribution in [1.82, 2.24) is 0 Å². The van der Waals surface area contributed by atoms with Crippen LogP contribution in [0.15, 0.2) is 18.2 Å². The highest BCUT2D eigenvalue weighted by atomic mass is 19.4. The van der Waals surface area contributed by atoms with E-state index in [2.05, 4.69) is 0 Å². The molecule has 19 heavy (non-hydrogen) atoms. The highest BCUT2D eigenvalue weighted by Gasteiger charge is 2.36. The summed E-state index contributed by atoms with van der Waals surface area (Å²) >= 11 is 0. The van der Waals surface area contributed by atoms with Gasteiger partial charge < -0.3 is 5.73 Å². The van der Waals surface area contributed by atoms with Gasteiger partial charge in [-0.3, -0.25) is 0 Å². The monoisotopic (exact) mass is 285 g/mol. The van der Waals surface area contributed by atoms with E-state index < -0.39 is 23.5 Å². The lowest BCUT2D eigenvalue weighted by atomic mass is 10.00. The maximum atomic E-state index is 12.5. The Hall–Kier alpha value is -1.24. The normalized spacial score (nSPS) is 14.5. The van der Waals surface area contributed by atoms with Gasteiger partial charge in [-0.15, -0.1) is 0 Å². The molecule has 0 fully saturated rings. The van der Waals surface area contributed by atoms with Crippen molar-refractivity contribution in [3.63, 3.8) is 0 Å². The summed E-state index contributed by atoms with van der Waals surface area (Å²) in [6.07, 6.45) is -9.21. The first-order chi connectivity index (χ1) is 8.50. The standard InChI is InChI=1S/C12H13F6N/c1-7(19)2-3-8-4-9(11(13,14)15)6-10(5-8)12(16,17)18/h4-7H,2-3,19H2,1H3. The van der Waals surface area contributed by atoms with Gasteiger partial charge in [-0.2, -0.15) is 26.3 Å². The lowest BCUT2D eigenvalue weighted by Crippen LogP contribution is -2.16. The van der Waals surface area contributed by atoms with Crippen LogP contribution in [0, 0.1) is 0 Å². The van der Waals surface area contributed by atoms with Crippen LogP contribution in [0.25, 0.3) is 0 Å². The third kappa shape index (κ3) is 4.74. The number of alkyl halides is 6. The third-order valence-electron chi connectivity index (χ3n) is 2.54. The minimum absolute atomic E-state index is 0.0144. The van der Waals surface area contributed by atoms with E-state index in [0.29, 0.717) is 6.42 Å². The van der Waals surface area contributed by atoms with E-state index >= 15 is 0 Å². The van der Waals surface area contributed by atoms with Crippen molar-refractivity contribution in [2.45, 2.75) is 38.2 Å². The largest absolute Gasteiger partial charge is 0.416 e. The van der Waals surface area contributed by atoms with E-state index in [1.54, 1.807) is 6.92 Å². The summed E-state index contributed by atoms with van der Waals surface area (Å²) in [5.74, 6) is 0. The Bertz CT molecular complexity index is 401. The quantitative estimate of drug-likeness (QED) is 0.834. The molecule has 0 saturated carbocycles. The third-order valence-corrected chi connectivity index (χ3v) is 2.54. The average molecular weight is 285 g/mol. The minimum Gasteiger partial charge on any atom is -0.328 e. The zero-order valence-electron chi connectivity index (χ0n) is 10.1. The van der Waals surface area contributed by atoms with Crippen molar-refractivity contribution in [2.24, 2.45) is 5.73 Å². The Balaban J connectivity index is 3.17. The number of benzene rings is 1. The predicted octanol–water partition coefficient (Wildman–Crippen LogP) is 4.00. The summed E-state index contributed by atoms with van der Waals surface area (Å²) in [7, 11) is 0. The lowest BCUT2D eigenvalue weighted by molar-refractivity contribution is -0.143. The van der Waals surface area contributed by atoms with Gasteiger partial charge in [0.2, 0.25) is 0 Å². The van der Waals surface area contributed by atoms with Crippen LogP contribution in [0.2, 0.25) is 0 Å². The van der Waals surface area contributed by atoms with Gasteiger partial charge in [0.05, 0.1) is 11.1 Å². The number of nitrogens with two attached hydrogens (primary N) is 1. The molecule has 108 valence electrons. The molecular weight excluding hydrogens is 272 g/mol. The highest BCUT2D eigenvalue weighted by molar-refractivity contribution is 5.33. The molecule has 0 bridgehead atoms. The first-order valence-electron chi connectivity index (χ1n) is 5.54. The second-order valence-corrected chi connectivity index (χ2v) is 4.43. The maximum absolute atomic E-state index is 12.5. The second-order valence-electron chi connectivity index (χ2n) is 4.43. The van der Waals surface area contributed by atoms with Crippen LogP contribution in [0.3, 0.4) is 0 Å². The summed E-state index contributed by atoms with van der Waals surface area (Å²) in [6.45, 7) is 1.64. The molecule has 0 saturated heterocycles. The number of rotatable bonds is 3. The highest BCUT2D eigenvalue weighted by Crippen LogP contribution is 2.36. The molecule has 0 amide bonds. The van der Waals surface area contributed by atoms with E-state index in [0.717, 1.165) is 12.1 Å². The molecule has 1 nitrogen and oxygen atoms in total. The topological polar surface area (TPSA) is 26.0 Å². The van der Waals surface area contributed by atoms with Crippen LogP contribution in [0.4, 0.5) is 26.3 Å². The fourth-order valence-electron chi connectivity index (χ4n) is 1.56. The maximum Gasteiger partial charge on any atom is 0.416 e. The second kappa shape index (κ2) is 5.40. The smallest absolute Gasteiger partial charge is 0.328 e. The molecule has 1 atom stereocenters. The number of hydrogen-bond acceptors (Lipinski definition) is 1. The fourth-order valence-corrected chi connectivity index (χ4v) is 1.56. The Kier molecular flexibility index (Phi) is 4.50. The van der Waals surface area contributed by atoms with E-state index in [9.17, 15) is 26.3 Å². The van der Waals surface area contributed by atoms with Crippen LogP contribution in [-0.4, -0.2) is 6.04 Å². The predicted molar refractivity (Wildman–Crippen MR) is 58.4 cm³/mol. The van der Waals surface area contributed by atoms with E-state index in [1.165, 1.54) is 0 Å². The van der Waals surface area contributed by atoms with E-state index in [4.69, 9.17) is 5.73 Å². The number of halogens is 6. The summed E-state index contributed by atoms with van der Waals surface area (Å²) in [6, 6.07) is 1.30. The fraction of sp³-hybridized carbons (Fsp3) is 0.500. The molecule has 0 spiro atoms. The Morgan fingerprint density at radius 1 is 0.947 bits per heavy atom. The zero-order valence-corrected chi connectivity index (χ0v) is 10.1. The van der Waals surface area contributed by atoms with Crippen molar-refractivity contribution >= 4 is 0 Å². The van der Waals surface area contributed by atoms with Gasteiger partial charge in [-0.05, 0) is 43.5 Å². The van der Waals surface area contributed by atoms with Gasteiger partial charge in [-0.25, -0.2) is 0 Å². The van der Waals surface area contributed by atoms with Gasteiger partial charge >= 0.3 is 12.4 Å². The summed E-state index contributed by atoms with van der Waals surface area (Å²) < 4.78 is 75.3. The van der Waals surface area contributed by atoms with E-state index in [-0.39, 0.29) is 24.1 Å². The van der Waals surface area contributed by atoms with Crippen molar-refractivity contribution in [3.05, 3.63) is 34.9 Å². The Morgan fingerprint density at radius 2 is 1.37 bits per heavy atom. The van der Waals surface area contributed by atoms with Gasteiger partial charge in [0.15, 0.2) is 0 Å². The number of aryl methyl sites for hydroxylation is 1. The summed E-state index contributed by atoms with van der Waals surface area (Å²) in [5.41, 5.74) is 2.85. The molecule has 0 aliphatic carbocycles.